The number of amidine groups is 2. The Labute approximate surface area is 241 Å². The van der Waals surface area contributed by atoms with Gasteiger partial charge in [-0.15, -0.1) is 0 Å². The summed E-state index contributed by atoms with van der Waals surface area (Å²) in [5, 5.41) is 27.1. The number of nitrogens with zero attached hydrogens (tertiary/aromatic N) is 2. The van der Waals surface area contributed by atoms with E-state index in [9.17, 15) is 29.1 Å². The number of carboxylic acids is 1. The fourth-order valence-electron chi connectivity index (χ4n) is 4.87. The maximum Gasteiger partial charge on any atom is 0.323 e. The van der Waals surface area contributed by atoms with E-state index in [0.29, 0.717) is 16.8 Å². The average Bonchev–Trinajstić information content (AvgIpc) is 2.96. The molecule has 3 rings (SSSR count). The number of nitrogen functional groups attached to an aromatic ring is 2. The van der Waals surface area contributed by atoms with Crippen molar-refractivity contribution in [3.8, 4) is 0 Å². The van der Waals surface area contributed by atoms with Gasteiger partial charge >= 0.3 is 5.97 Å². The first-order valence-corrected chi connectivity index (χ1v) is 13.2. The molecule has 0 radical (unpaired) electrons. The van der Waals surface area contributed by atoms with Crippen LogP contribution in [0.25, 0.3) is 0 Å². The monoisotopic (exact) mass is 578 g/mol. The van der Waals surface area contributed by atoms with Gasteiger partial charge < -0.3 is 37.4 Å². The number of aliphatic carboxylic acids is 1. The second-order valence-electron chi connectivity index (χ2n) is 9.80. The molecule has 0 aliphatic carbocycles. The number of piperazine rings is 1. The summed E-state index contributed by atoms with van der Waals surface area (Å²) in [6.07, 6.45) is 0.283. The number of benzene rings is 2. The predicted molar refractivity (Wildman–Crippen MR) is 154 cm³/mol. The maximum atomic E-state index is 13.8. The first-order chi connectivity index (χ1) is 19.9. The second kappa shape index (κ2) is 13.5. The molecule has 0 bridgehead atoms. The lowest BCUT2D eigenvalue weighted by molar-refractivity contribution is -0.160. The van der Waals surface area contributed by atoms with Crippen molar-refractivity contribution in [2.45, 2.75) is 31.2 Å². The number of nitrogens with two attached hydrogens (primary N) is 3. The summed E-state index contributed by atoms with van der Waals surface area (Å²) in [7, 11) is 0. The van der Waals surface area contributed by atoms with Gasteiger partial charge in [0, 0.05) is 41.9 Å². The van der Waals surface area contributed by atoms with Crippen LogP contribution >= 0.6 is 0 Å². The van der Waals surface area contributed by atoms with Crippen molar-refractivity contribution in [3.63, 3.8) is 0 Å². The Balaban J connectivity index is 1.82. The number of ketones is 1. The number of nitrogens with one attached hydrogen (secondary N) is 3. The Morgan fingerprint density at radius 3 is 1.95 bits per heavy atom. The average molecular weight is 579 g/mol. The van der Waals surface area contributed by atoms with E-state index in [4.69, 9.17) is 28.0 Å². The van der Waals surface area contributed by atoms with Crippen LogP contribution in [0.5, 0.6) is 0 Å². The normalized spacial score (nSPS) is 16.5. The minimum atomic E-state index is -2.06. The Bertz CT molecular complexity index is 1390. The topological polar surface area (TPSA) is 250 Å². The lowest BCUT2D eigenvalue weighted by Crippen LogP contribution is -2.72. The molecule has 1 atom stereocenters. The highest BCUT2D eigenvalue weighted by molar-refractivity contribution is 6.16. The van der Waals surface area contributed by atoms with Crippen LogP contribution in [0.15, 0.2) is 48.5 Å². The van der Waals surface area contributed by atoms with Crippen molar-refractivity contribution in [1.82, 2.24) is 9.80 Å². The number of carboxylic acid groups (broad SMARTS) is 1. The van der Waals surface area contributed by atoms with Crippen molar-refractivity contribution in [1.29, 1.82) is 10.8 Å². The van der Waals surface area contributed by atoms with Gasteiger partial charge in [-0.3, -0.25) is 34.8 Å². The highest BCUT2D eigenvalue weighted by Crippen LogP contribution is 2.32. The summed E-state index contributed by atoms with van der Waals surface area (Å²) in [6.45, 7) is -1.45. The van der Waals surface area contributed by atoms with E-state index < -0.39 is 42.2 Å². The zero-order valence-electron chi connectivity index (χ0n) is 22.9. The van der Waals surface area contributed by atoms with E-state index in [0.717, 1.165) is 9.80 Å². The van der Waals surface area contributed by atoms with E-state index in [1.54, 1.807) is 24.3 Å². The number of rotatable bonds is 13. The molecule has 0 spiro atoms. The smallest absolute Gasteiger partial charge is 0.323 e. The Morgan fingerprint density at radius 1 is 0.881 bits per heavy atom. The summed E-state index contributed by atoms with van der Waals surface area (Å²) in [4.78, 5) is 67.0. The third-order valence-corrected chi connectivity index (χ3v) is 7.03. The van der Waals surface area contributed by atoms with Crippen LogP contribution in [-0.4, -0.2) is 87.8 Å². The molecule has 0 saturated carbocycles. The number of Topliss-reactive ketones (excluding diaryl/α,β-unsaturated/α-hetero) is 1. The number of anilines is 1. The SMILES string of the molecule is N=C(N)c1ccc(NC(=O)CCCCC2(C(=O)CN)C(=O)N(CC(=O)O)CCN2C(=O)c2ccc(C(=N)N)cc2)cc1. The van der Waals surface area contributed by atoms with Crippen molar-refractivity contribution >= 4 is 46.8 Å². The number of hydrogen-bond donors (Lipinski definition) is 7. The largest absolute Gasteiger partial charge is 0.480 e. The van der Waals surface area contributed by atoms with E-state index in [1.807, 2.05) is 0 Å². The number of carbonyl (C=O) groups excluding carboxylic acids is 4. The van der Waals surface area contributed by atoms with Crippen LogP contribution in [-0.2, 0) is 19.2 Å². The molecule has 2 aromatic carbocycles. The van der Waals surface area contributed by atoms with Crippen LogP contribution in [0.2, 0.25) is 0 Å². The highest BCUT2D eigenvalue weighted by Gasteiger charge is 2.55. The van der Waals surface area contributed by atoms with Crippen LogP contribution in [0, 0.1) is 10.8 Å². The third kappa shape index (κ3) is 6.96. The lowest BCUT2D eigenvalue weighted by Gasteiger charge is -2.48. The lowest BCUT2D eigenvalue weighted by atomic mass is 9.81. The van der Waals surface area contributed by atoms with Crippen LogP contribution < -0.4 is 22.5 Å². The molecule has 1 aliphatic rings. The second-order valence-corrected chi connectivity index (χ2v) is 9.80. The van der Waals surface area contributed by atoms with E-state index >= 15 is 0 Å². The van der Waals surface area contributed by atoms with Gasteiger partial charge in [-0.2, -0.15) is 0 Å². The molecule has 2 aromatic rings. The van der Waals surface area contributed by atoms with Crippen molar-refractivity contribution in [2.24, 2.45) is 17.2 Å². The number of carbonyl (C=O) groups is 5. The third-order valence-electron chi connectivity index (χ3n) is 7.03. The van der Waals surface area contributed by atoms with Gasteiger partial charge in [0.25, 0.3) is 11.8 Å². The summed E-state index contributed by atoms with van der Waals surface area (Å²) in [6, 6.07) is 12.2. The summed E-state index contributed by atoms with van der Waals surface area (Å²) >= 11 is 0. The predicted octanol–water partition coefficient (Wildman–Crippen LogP) is 0.0894. The Kier molecular flexibility index (Phi) is 10.1. The molecule has 14 heteroatoms. The number of amides is 3. The van der Waals surface area contributed by atoms with Gasteiger partial charge in [-0.1, -0.05) is 12.1 Å². The molecule has 14 nitrogen and oxygen atoms in total. The van der Waals surface area contributed by atoms with E-state index in [-0.39, 0.29) is 61.9 Å². The van der Waals surface area contributed by atoms with Crippen molar-refractivity contribution in [3.05, 3.63) is 65.2 Å². The van der Waals surface area contributed by atoms with Crippen LogP contribution in [0.3, 0.4) is 0 Å². The molecule has 1 heterocycles. The molecule has 0 aromatic heterocycles. The maximum absolute atomic E-state index is 13.8. The minimum Gasteiger partial charge on any atom is -0.480 e. The molecule has 10 N–H and O–H groups in total. The molecular weight excluding hydrogens is 544 g/mol. The van der Waals surface area contributed by atoms with Crippen molar-refractivity contribution in [2.75, 3.05) is 31.5 Å². The number of hydrogen-bond acceptors (Lipinski definition) is 8. The summed E-state index contributed by atoms with van der Waals surface area (Å²) in [5.41, 5.74) is 16.1. The summed E-state index contributed by atoms with van der Waals surface area (Å²) < 4.78 is 0. The molecule has 1 fully saturated rings. The van der Waals surface area contributed by atoms with Gasteiger partial charge in [-0.25, -0.2) is 0 Å². The van der Waals surface area contributed by atoms with E-state index in [1.165, 1.54) is 24.3 Å². The molecule has 1 aliphatic heterocycles. The van der Waals surface area contributed by atoms with Gasteiger partial charge in [0.2, 0.25) is 5.91 Å². The van der Waals surface area contributed by atoms with Gasteiger partial charge in [0.15, 0.2) is 11.3 Å². The zero-order valence-corrected chi connectivity index (χ0v) is 22.9. The standard InChI is InChI=1S/C28H34N8O6/c29-15-21(37)28(12-2-1-3-22(38)34-20-10-8-18(9-11-20)25(32)33)27(42)35(16-23(39)40)13-14-36(28)26(41)19-6-4-17(5-7-19)24(30)31/h4-11H,1-3,12-16,29H2,(H3,30,31)(H3,32,33)(H,34,38)(H,39,40). The summed E-state index contributed by atoms with van der Waals surface area (Å²) in [5.74, 6) is -4.12. The fraction of sp³-hybridized carbons (Fsp3) is 0.321. The molecule has 1 unspecified atom stereocenters. The Hall–Kier alpha value is -5.11. The van der Waals surface area contributed by atoms with Gasteiger partial charge in [-0.05, 0) is 55.7 Å². The quantitative estimate of drug-likeness (QED) is 0.0735. The molecule has 222 valence electrons. The first kappa shape index (κ1) is 31.4. The van der Waals surface area contributed by atoms with Crippen molar-refractivity contribution < 1.29 is 29.1 Å². The Morgan fingerprint density at radius 2 is 1.43 bits per heavy atom. The van der Waals surface area contributed by atoms with Crippen LogP contribution in [0.4, 0.5) is 5.69 Å². The molecule has 42 heavy (non-hydrogen) atoms. The van der Waals surface area contributed by atoms with Gasteiger partial charge in [0.05, 0.1) is 6.54 Å². The van der Waals surface area contributed by atoms with Crippen LogP contribution in [0.1, 0.15) is 47.2 Å². The number of unbranched alkanes of at least 4 members (excludes halogenated alkanes) is 1. The molecular formula is C28H34N8O6. The molecule has 1 saturated heterocycles. The van der Waals surface area contributed by atoms with Gasteiger partial charge in [0.1, 0.15) is 18.2 Å². The fourth-order valence-corrected chi connectivity index (χ4v) is 4.87. The first-order valence-electron chi connectivity index (χ1n) is 13.2. The highest BCUT2D eigenvalue weighted by atomic mass is 16.4. The van der Waals surface area contributed by atoms with E-state index in [2.05, 4.69) is 5.32 Å². The molecule has 3 amide bonds. The minimum absolute atomic E-state index is 0.0365. The zero-order chi connectivity index (χ0) is 31.0.